The molecule has 23 heavy (non-hydrogen) atoms. The van der Waals surface area contributed by atoms with E-state index >= 15 is 0 Å². The zero-order valence-electron chi connectivity index (χ0n) is 12.5. The Morgan fingerprint density at radius 1 is 1.43 bits per heavy atom. The third kappa shape index (κ3) is 1.87. The van der Waals surface area contributed by atoms with E-state index in [0.29, 0.717) is 27.8 Å². The molecule has 116 valence electrons. The number of hydrogen-bond donors (Lipinski definition) is 1. The number of carbonyl (C=O) groups is 1. The molecule has 2 bridgehead atoms. The van der Waals surface area contributed by atoms with Gasteiger partial charge in [0.1, 0.15) is 0 Å². The molecule has 1 spiro atoms. The van der Waals surface area contributed by atoms with Gasteiger partial charge in [-0.2, -0.15) is 0 Å². The SMILES string of the molecule is Cc1nc(-c2ccc3c(C#N)c2[N+]32CCOCC2)[se]c1C(=O)O. The Morgan fingerprint density at radius 3 is 2.78 bits per heavy atom. The Labute approximate surface area is 138 Å². The number of quaternary nitrogens is 1. The van der Waals surface area contributed by atoms with Crippen LogP contribution in [0.3, 0.4) is 0 Å². The number of aryl methyl sites for hydroxylation is 1. The first-order chi connectivity index (χ1) is 11.1. The van der Waals surface area contributed by atoms with Crippen molar-refractivity contribution in [2.24, 2.45) is 0 Å². The summed E-state index contributed by atoms with van der Waals surface area (Å²) < 4.78 is 7.38. The minimum atomic E-state index is -0.896. The average Bonchev–Trinajstić information content (AvgIpc) is 2.96. The summed E-state index contributed by atoms with van der Waals surface area (Å²) in [7, 11) is 0. The number of rotatable bonds is 2. The van der Waals surface area contributed by atoms with Gasteiger partial charge in [0.25, 0.3) is 0 Å². The van der Waals surface area contributed by atoms with Crippen LogP contribution < -0.4 is 4.48 Å². The van der Waals surface area contributed by atoms with Crippen LogP contribution in [-0.2, 0) is 4.74 Å². The van der Waals surface area contributed by atoms with E-state index in [9.17, 15) is 15.2 Å². The molecule has 0 atom stereocenters. The fourth-order valence-corrected chi connectivity index (χ4v) is 5.52. The molecule has 0 radical (unpaired) electrons. The number of carboxylic acid groups (broad SMARTS) is 1. The monoisotopic (exact) mass is 376 g/mol. The van der Waals surface area contributed by atoms with Crippen LogP contribution in [0.4, 0.5) is 11.4 Å². The molecule has 5 rings (SSSR count). The number of morpholine rings is 1. The summed E-state index contributed by atoms with van der Waals surface area (Å²) in [6.45, 7) is 4.72. The number of carboxylic acids is 1. The van der Waals surface area contributed by atoms with Gasteiger partial charge in [0.2, 0.25) is 0 Å². The average molecular weight is 375 g/mol. The van der Waals surface area contributed by atoms with E-state index in [1.165, 1.54) is 0 Å². The van der Waals surface area contributed by atoms with Gasteiger partial charge in [-0.25, -0.2) is 0 Å². The van der Waals surface area contributed by atoms with E-state index in [-0.39, 0.29) is 14.5 Å². The predicted molar refractivity (Wildman–Crippen MR) is 85.0 cm³/mol. The van der Waals surface area contributed by atoms with Crippen LogP contribution in [0.5, 0.6) is 0 Å². The van der Waals surface area contributed by atoms with Gasteiger partial charge in [0.15, 0.2) is 0 Å². The van der Waals surface area contributed by atoms with Crippen molar-refractivity contribution in [3.63, 3.8) is 0 Å². The molecule has 7 heteroatoms. The molecular formula is C16H14N3O3Se+. The fourth-order valence-electron chi connectivity index (χ4n) is 3.56. The summed E-state index contributed by atoms with van der Waals surface area (Å²) in [6, 6.07) is 6.30. The minimum absolute atomic E-state index is 0.327. The quantitative estimate of drug-likeness (QED) is 0.638. The first-order valence-electron chi connectivity index (χ1n) is 7.32. The van der Waals surface area contributed by atoms with Crippen molar-refractivity contribution in [1.82, 2.24) is 9.47 Å². The zero-order valence-corrected chi connectivity index (χ0v) is 14.2. The van der Waals surface area contributed by atoms with Crippen molar-refractivity contribution >= 4 is 31.8 Å². The molecule has 3 aliphatic rings. The molecule has 3 aliphatic heterocycles. The van der Waals surface area contributed by atoms with Crippen LogP contribution >= 0.6 is 0 Å². The molecule has 0 unspecified atom stereocenters. The van der Waals surface area contributed by atoms with Crippen molar-refractivity contribution in [3.05, 3.63) is 27.8 Å². The number of hydrogen-bond acceptors (Lipinski definition) is 4. The van der Waals surface area contributed by atoms with Crippen molar-refractivity contribution in [2.75, 3.05) is 26.3 Å². The van der Waals surface area contributed by atoms with Crippen molar-refractivity contribution in [3.8, 4) is 16.2 Å². The number of nitrogens with zero attached hydrogens (tertiary/aromatic N) is 3. The standard InChI is InChI=1S/C16H13N3O3Se/c1-9-14(16(20)21)23-15(18-9)10-2-3-12-11(8-17)13(10)19(12)4-6-22-7-5-19/h2-3H,4-7H2,1H3/p+1. The van der Waals surface area contributed by atoms with Crippen LogP contribution in [-0.4, -0.2) is 56.9 Å². The Bertz CT molecular complexity index is 875. The number of fused-ring (bicyclic) bond motifs is 2. The van der Waals surface area contributed by atoms with E-state index < -0.39 is 5.97 Å². The summed E-state index contributed by atoms with van der Waals surface area (Å²) in [4.78, 5) is 15.8. The molecule has 2 aromatic rings. The zero-order chi connectivity index (χ0) is 16.2. The molecule has 6 nitrogen and oxygen atoms in total. The van der Waals surface area contributed by atoms with Crippen molar-refractivity contribution < 1.29 is 14.6 Å². The van der Waals surface area contributed by atoms with Gasteiger partial charge in [-0.15, -0.1) is 0 Å². The van der Waals surface area contributed by atoms with Gasteiger partial charge in [-0.1, -0.05) is 0 Å². The van der Waals surface area contributed by atoms with Crippen molar-refractivity contribution in [2.45, 2.75) is 6.92 Å². The topological polar surface area (TPSA) is 83.2 Å². The molecule has 1 aromatic heterocycles. The van der Waals surface area contributed by atoms with Gasteiger partial charge in [0, 0.05) is 0 Å². The number of benzene rings is 1. The number of aromatic carboxylic acids is 1. The summed E-state index contributed by atoms with van der Waals surface area (Å²) in [5, 5.41) is 18.8. The molecule has 0 aliphatic carbocycles. The molecule has 4 heterocycles. The molecule has 1 fully saturated rings. The van der Waals surface area contributed by atoms with Crippen LogP contribution in [0.15, 0.2) is 12.1 Å². The van der Waals surface area contributed by atoms with Gasteiger partial charge >= 0.3 is 138 Å². The first kappa shape index (κ1) is 14.6. The summed E-state index contributed by atoms with van der Waals surface area (Å²) in [5.74, 6) is -0.896. The molecule has 1 saturated heterocycles. The molecule has 1 N–H and O–H groups in total. The molecular weight excluding hydrogens is 361 g/mol. The number of nitriles is 1. The Balaban J connectivity index is 1.89. The van der Waals surface area contributed by atoms with Crippen LogP contribution in [0.1, 0.15) is 20.5 Å². The second-order valence-corrected chi connectivity index (χ2v) is 7.83. The van der Waals surface area contributed by atoms with E-state index in [2.05, 4.69) is 11.1 Å². The predicted octanol–water partition coefficient (Wildman–Crippen LogP) is 1.67. The van der Waals surface area contributed by atoms with Gasteiger partial charge in [-0.3, -0.25) is 0 Å². The second kappa shape index (κ2) is 5.02. The van der Waals surface area contributed by atoms with Gasteiger partial charge in [0.05, 0.1) is 0 Å². The fraction of sp³-hybridized carbons (Fsp3) is 0.312. The van der Waals surface area contributed by atoms with E-state index in [1.807, 2.05) is 12.1 Å². The normalized spacial score (nSPS) is 17.6. The van der Waals surface area contributed by atoms with E-state index in [1.54, 1.807) is 6.92 Å². The Kier molecular flexibility index (Phi) is 3.19. The molecule has 1 aromatic carbocycles. The van der Waals surface area contributed by atoms with E-state index in [0.717, 1.165) is 40.2 Å². The Hall–Kier alpha value is -1.97. The summed E-state index contributed by atoms with van der Waals surface area (Å²) in [6.07, 6.45) is 0. The number of aromatic nitrogens is 1. The number of ether oxygens (including phenoxy) is 1. The molecule has 0 amide bonds. The van der Waals surface area contributed by atoms with Gasteiger partial charge in [-0.05, 0) is 0 Å². The third-order valence-corrected chi connectivity index (χ3v) is 7.09. The van der Waals surface area contributed by atoms with Crippen LogP contribution in [0.25, 0.3) is 10.1 Å². The maximum atomic E-state index is 11.3. The summed E-state index contributed by atoms with van der Waals surface area (Å²) >= 11 is -0.327. The van der Waals surface area contributed by atoms with Crippen LogP contribution in [0, 0.1) is 18.3 Å². The van der Waals surface area contributed by atoms with Gasteiger partial charge < -0.3 is 0 Å². The van der Waals surface area contributed by atoms with Crippen molar-refractivity contribution in [1.29, 1.82) is 5.26 Å². The Morgan fingerprint density at radius 2 is 2.17 bits per heavy atom. The van der Waals surface area contributed by atoms with Crippen LogP contribution in [0.2, 0.25) is 0 Å². The maximum absolute atomic E-state index is 11.3. The summed E-state index contributed by atoms with van der Waals surface area (Å²) in [5.41, 5.74) is 4.31. The molecule has 0 saturated carbocycles. The second-order valence-electron chi connectivity index (χ2n) is 5.73. The third-order valence-electron chi connectivity index (χ3n) is 4.61. The first-order valence-corrected chi connectivity index (χ1v) is 9.04. The van der Waals surface area contributed by atoms with E-state index in [4.69, 9.17) is 4.74 Å².